The Labute approximate surface area is 228 Å². The summed E-state index contributed by atoms with van der Waals surface area (Å²) in [5, 5.41) is 0.466. The number of aromatic nitrogens is 5. The maximum Gasteiger partial charge on any atom is 0.220 e. The Balaban J connectivity index is 1.49. The molecule has 8 rings (SSSR count). The van der Waals surface area contributed by atoms with E-state index in [0.717, 1.165) is 50.4 Å². The number of fused-ring (bicyclic) bond motifs is 8. The molecule has 0 fully saturated rings. The van der Waals surface area contributed by atoms with E-state index in [1.807, 2.05) is 24.3 Å². The molecule has 0 aliphatic heterocycles. The molecule has 40 heavy (non-hydrogen) atoms. The molecule has 3 aromatic carbocycles. The van der Waals surface area contributed by atoms with Gasteiger partial charge in [0, 0.05) is 29.1 Å². The van der Waals surface area contributed by atoms with Crippen molar-refractivity contribution in [1.82, 2.24) is 23.9 Å². The average Bonchev–Trinajstić information content (AvgIpc) is 3.61. The van der Waals surface area contributed by atoms with Crippen LogP contribution in [0.2, 0.25) is 0 Å². The largest absolute Gasteiger partial charge is 0.438 e. The van der Waals surface area contributed by atoms with E-state index in [1.54, 1.807) is 6.20 Å². The quantitative estimate of drug-likeness (QED) is 0.256. The molecule has 5 aromatic heterocycles. The Bertz CT molecular complexity index is 2330. The van der Waals surface area contributed by atoms with Crippen LogP contribution in [0.15, 0.2) is 100 Å². The first kappa shape index (κ1) is 22.8. The van der Waals surface area contributed by atoms with Crippen molar-refractivity contribution in [3.05, 3.63) is 107 Å². The van der Waals surface area contributed by atoms with Gasteiger partial charge in [-0.1, -0.05) is 63.2 Å². The number of nitrogens with one attached hydrogen (secondary N) is 1. The lowest BCUT2D eigenvalue weighted by atomic mass is 9.86. The van der Waals surface area contributed by atoms with E-state index in [0.29, 0.717) is 22.2 Å². The van der Waals surface area contributed by atoms with E-state index in [-0.39, 0.29) is 10.8 Å². The van der Waals surface area contributed by atoms with E-state index in [2.05, 4.69) is 89.3 Å². The number of hydrogen-bond donors (Lipinski definition) is 1. The average molecular weight is 524 g/mol. The van der Waals surface area contributed by atoms with Crippen LogP contribution in [0.4, 0.5) is 0 Å². The van der Waals surface area contributed by atoms with Gasteiger partial charge in [0.05, 0.1) is 22.2 Å². The van der Waals surface area contributed by atoms with Crippen molar-refractivity contribution in [2.45, 2.75) is 26.2 Å². The van der Waals surface area contributed by atoms with Gasteiger partial charge in [-0.15, -0.1) is 0 Å². The molecule has 0 saturated carbocycles. The highest BCUT2D eigenvalue weighted by molar-refractivity contribution is 6.04. The molecule has 0 amide bonds. The number of para-hydroxylation sites is 4. The molecule has 7 nitrogen and oxygen atoms in total. The highest BCUT2D eigenvalue weighted by atomic mass is 16.3. The molecule has 0 atom stereocenters. The molecule has 8 aromatic rings. The SMILES string of the molecule is CC(C)(C)c1cc(-c2cccc3c2nc2n(-c4ccccc4)c4ccccc4n32)nc2c1oc1[nH]ccc(=O)c12. The van der Waals surface area contributed by atoms with Crippen LogP contribution in [0.3, 0.4) is 0 Å². The second-order valence-corrected chi connectivity index (χ2v) is 11.2. The summed E-state index contributed by atoms with van der Waals surface area (Å²) < 4.78 is 10.6. The van der Waals surface area contributed by atoms with Crippen LogP contribution in [0, 0.1) is 0 Å². The van der Waals surface area contributed by atoms with Crippen molar-refractivity contribution < 1.29 is 4.42 Å². The van der Waals surface area contributed by atoms with Gasteiger partial charge < -0.3 is 9.40 Å². The number of pyridine rings is 2. The monoisotopic (exact) mass is 523 g/mol. The zero-order chi connectivity index (χ0) is 27.2. The van der Waals surface area contributed by atoms with Crippen molar-refractivity contribution >= 4 is 50.0 Å². The standard InChI is InChI=1S/C33H25N5O2/c1-33(2,3)21-18-22(35-29-27-26(39)16-17-34-31(27)40-30(21)29)20-12-9-15-25-28(20)36-32-37(19-10-5-4-6-11-19)23-13-7-8-14-24(23)38(25)32/h4-18H,1-3H3,(H,34,39). The molecule has 7 heteroatoms. The first-order valence-electron chi connectivity index (χ1n) is 13.3. The van der Waals surface area contributed by atoms with E-state index in [1.165, 1.54) is 6.07 Å². The third-order valence-corrected chi connectivity index (χ3v) is 7.67. The van der Waals surface area contributed by atoms with Crippen molar-refractivity contribution in [1.29, 1.82) is 0 Å². The van der Waals surface area contributed by atoms with Crippen LogP contribution in [-0.2, 0) is 5.41 Å². The van der Waals surface area contributed by atoms with Crippen molar-refractivity contribution in [3.8, 4) is 16.9 Å². The Kier molecular flexibility index (Phi) is 4.51. The van der Waals surface area contributed by atoms with E-state index in [4.69, 9.17) is 14.4 Å². The Morgan fingerprint density at radius 1 is 0.800 bits per heavy atom. The topological polar surface area (TPSA) is 81.1 Å². The number of benzene rings is 3. The van der Waals surface area contributed by atoms with Crippen LogP contribution < -0.4 is 5.43 Å². The number of hydrogen-bond acceptors (Lipinski definition) is 4. The highest BCUT2D eigenvalue weighted by Gasteiger charge is 2.26. The van der Waals surface area contributed by atoms with Crippen molar-refractivity contribution in [3.63, 3.8) is 0 Å². The minimum absolute atomic E-state index is 0.119. The summed E-state index contributed by atoms with van der Waals surface area (Å²) in [7, 11) is 0. The second-order valence-electron chi connectivity index (χ2n) is 11.2. The lowest BCUT2D eigenvalue weighted by Gasteiger charge is -2.20. The van der Waals surface area contributed by atoms with Crippen molar-refractivity contribution in [2.75, 3.05) is 0 Å². The number of H-pyrrole nitrogens is 1. The summed E-state index contributed by atoms with van der Waals surface area (Å²) in [6.07, 6.45) is 1.61. The summed E-state index contributed by atoms with van der Waals surface area (Å²) in [4.78, 5) is 26.3. The zero-order valence-corrected chi connectivity index (χ0v) is 22.3. The van der Waals surface area contributed by atoms with Gasteiger partial charge in [-0.25, -0.2) is 9.97 Å². The third-order valence-electron chi connectivity index (χ3n) is 7.67. The molecular weight excluding hydrogens is 498 g/mol. The summed E-state index contributed by atoms with van der Waals surface area (Å²) in [5.41, 5.74) is 8.96. The molecule has 194 valence electrons. The maximum atomic E-state index is 12.9. The van der Waals surface area contributed by atoms with Crippen molar-refractivity contribution in [2.24, 2.45) is 0 Å². The maximum absolute atomic E-state index is 12.9. The number of furan rings is 1. The molecular formula is C33H25N5O2. The van der Waals surface area contributed by atoms with Gasteiger partial charge in [-0.05, 0) is 41.8 Å². The van der Waals surface area contributed by atoms with E-state index >= 15 is 0 Å². The molecule has 1 N–H and O–H groups in total. The first-order chi connectivity index (χ1) is 19.4. The normalized spacial score (nSPS) is 12.5. The minimum atomic E-state index is -0.250. The Hall–Kier alpha value is -5.17. The molecule has 0 aliphatic rings. The predicted octanol–water partition coefficient (Wildman–Crippen LogP) is 7.38. The lowest BCUT2D eigenvalue weighted by Crippen LogP contribution is -2.12. The van der Waals surface area contributed by atoms with E-state index in [9.17, 15) is 4.79 Å². The van der Waals surface area contributed by atoms with E-state index < -0.39 is 0 Å². The molecule has 0 aliphatic carbocycles. The number of imidazole rings is 2. The van der Waals surface area contributed by atoms with Gasteiger partial charge in [-0.3, -0.25) is 13.8 Å². The summed E-state index contributed by atoms with van der Waals surface area (Å²) in [6.45, 7) is 6.42. The van der Waals surface area contributed by atoms with Gasteiger partial charge in [0.1, 0.15) is 16.4 Å². The lowest BCUT2D eigenvalue weighted by molar-refractivity contribution is 0.569. The van der Waals surface area contributed by atoms with Gasteiger partial charge in [0.25, 0.3) is 0 Å². The highest BCUT2D eigenvalue weighted by Crippen LogP contribution is 2.39. The summed E-state index contributed by atoms with van der Waals surface area (Å²) in [5.74, 6) is 0.831. The molecule has 0 saturated heterocycles. The van der Waals surface area contributed by atoms with Crippen LogP contribution in [0.25, 0.3) is 67.0 Å². The fraction of sp³-hybridized carbons (Fsp3) is 0.121. The number of rotatable bonds is 2. The third kappa shape index (κ3) is 3.09. The Morgan fingerprint density at radius 2 is 1.55 bits per heavy atom. The van der Waals surface area contributed by atoms with Crippen LogP contribution >= 0.6 is 0 Å². The van der Waals surface area contributed by atoms with Gasteiger partial charge >= 0.3 is 0 Å². The minimum Gasteiger partial charge on any atom is -0.438 e. The fourth-order valence-electron chi connectivity index (χ4n) is 5.83. The first-order valence-corrected chi connectivity index (χ1v) is 13.3. The molecule has 0 bridgehead atoms. The smallest absolute Gasteiger partial charge is 0.220 e. The molecule has 0 radical (unpaired) electrons. The fourth-order valence-corrected chi connectivity index (χ4v) is 5.83. The van der Waals surface area contributed by atoms with Crippen LogP contribution in [-0.4, -0.2) is 23.9 Å². The zero-order valence-electron chi connectivity index (χ0n) is 22.3. The van der Waals surface area contributed by atoms with Crippen LogP contribution in [0.5, 0.6) is 0 Å². The van der Waals surface area contributed by atoms with Gasteiger partial charge in [-0.2, -0.15) is 0 Å². The molecule has 0 spiro atoms. The number of aromatic amines is 1. The van der Waals surface area contributed by atoms with Crippen LogP contribution in [0.1, 0.15) is 26.3 Å². The number of nitrogens with zero attached hydrogens (tertiary/aromatic N) is 4. The summed E-state index contributed by atoms with van der Waals surface area (Å²) in [6, 6.07) is 28.4. The van der Waals surface area contributed by atoms with Gasteiger partial charge in [0.15, 0.2) is 11.0 Å². The van der Waals surface area contributed by atoms with Gasteiger partial charge in [0.2, 0.25) is 11.5 Å². The molecule has 5 heterocycles. The summed E-state index contributed by atoms with van der Waals surface area (Å²) >= 11 is 0. The predicted molar refractivity (Wildman–Crippen MR) is 159 cm³/mol. The second kappa shape index (κ2) is 7.93. The molecule has 0 unspecified atom stereocenters. The Morgan fingerprint density at radius 3 is 2.35 bits per heavy atom.